The highest BCUT2D eigenvalue weighted by Gasteiger charge is 2.32. The van der Waals surface area contributed by atoms with Crippen molar-refractivity contribution >= 4 is 17.5 Å². The van der Waals surface area contributed by atoms with Crippen molar-refractivity contribution in [2.24, 2.45) is 0 Å². The molecule has 0 saturated heterocycles. The van der Waals surface area contributed by atoms with E-state index in [1.807, 2.05) is 19.2 Å². The first kappa shape index (κ1) is 14.9. The number of rotatable bonds is 3. The van der Waals surface area contributed by atoms with Gasteiger partial charge >= 0.3 is 0 Å². The number of carbonyl (C=O) groups is 2. The lowest BCUT2D eigenvalue weighted by molar-refractivity contribution is -0.138. The van der Waals surface area contributed by atoms with Crippen LogP contribution in [0.15, 0.2) is 24.3 Å². The van der Waals surface area contributed by atoms with Crippen molar-refractivity contribution in [1.29, 1.82) is 0 Å². The number of hydrogen-bond acceptors (Lipinski definition) is 3. The number of fused-ring (bicyclic) bond motifs is 1. The fourth-order valence-corrected chi connectivity index (χ4v) is 3.20. The standard InChI is InChI=1S/C17H22N2O3/c1-19(12-7-3-2-4-8-12)16(20)11-15-17(21)18-13-9-5-6-10-14(13)22-15/h5-6,9-10,12,15H,2-4,7-8,11H2,1H3,(H,18,21). The molecule has 1 aliphatic heterocycles. The molecule has 3 rings (SSSR count). The van der Waals surface area contributed by atoms with Gasteiger partial charge in [0, 0.05) is 13.1 Å². The first-order valence-electron chi connectivity index (χ1n) is 7.97. The van der Waals surface area contributed by atoms with E-state index < -0.39 is 6.10 Å². The Labute approximate surface area is 130 Å². The number of ether oxygens (including phenoxy) is 1. The van der Waals surface area contributed by atoms with E-state index in [2.05, 4.69) is 5.32 Å². The number of para-hydroxylation sites is 2. The zero-order valence-electron chi connectivity index (χ0n) is 12.9. The molecule has 1 aliphatic carbocycles. The fourth-order valence-electron chi connectivity index (χ4n) is 3.20. The topological polar surface area (TPSA) is 58.6 Å². The third kappa shape index (κ3) is 3.08. The molecular formula is C17H22N2O3. The highest BCUT2D eigenvalue weighted by Crippen LogP contribution is 2.30. The minimum Gasteiger partial charge on any atom is -0.478 e. The Morgan fingerprint density at radius 3 is 2.77 bits per heavy atom. The number of anilines is 1. The van der Waals surface area contributed by atoms with Gasteiger partial charge in [0.25, 0.3) is 5.91 Å². The van der Waals surface area contributed by atoms with Gasteiger partial charge < -0.3 is 15.0 Å². The normalized spacial score (nSPS) is 21.5. The van der Waals surface area contributed by atoms with Crippen LogP contribution in [0.5, 0.6) is 5.75 Å². The number of nitrogens with one attached hydrogen (secondary N) is 1. The maximum atomic E-state index is 12.4. The second-order valence-corrected chi connectivity index (χ2v) is 6.09. The summed E-state index contributed by atoms with van der Waals surface area (Å²) in [6.45, 7) is 0. The van der Waals surface area contributed by atoms with Crippen molar-refractivity contribution in [1.82, 2.24) is 4.90 Å². The molecule has 1 atom stereocenters. The Hall–Kier alpha value is -2.04. The largest absolute Gasteiger partial charge is 0.478 e. The van der Waals surface area contributed by atoms with E-state index in [1.165, 1.54) is 19.3 Å². The van der Waals surface area contributed by atoms with Gasteiger partial charge in [0.1, 0.15) is 5.75 Å². The van der Waals surface area contributed by atoms with Crippen molar-refractivity contribution in [3.05, 3.63) is 24.3 Å². The van der Waals surface area contributed by atoms with Crippen molar-refractivity contribution in [3.8, 4) is 5.75 Å². The van der Waals surface area contributed by atoms with Crippen LogP contribution in [-0.2, 0) is 9.59 Å². The molecule has 1 fully saturated rings. The summed E-state index contributed by atoms with van der Waals surface area (Å²) in [6, 6.07) is 7.59. The number of benzene rings is 1. The molecule has 0 radical (unpaired) electrons. The number of carbonyl (C=O) groups excluding carboxylic acids is 2. The molecule has 1 unspecified atom stereocenters. The molecule has 1 saturated carbocycles. The molecular weight excluding hydrogens is 280 g/mol. The van der Waals surface area contributed by atoms with Crippen LogP contribution in [0, 0.1) is 0 Å². The molecule has 0 aromatic heterocycles. The Kier molecular flexibility index (Phi) is 4.32. The van der Waals surface area contributed by atoms with E-state index in [4.69, 9.17) is 4.74 Å². The van der Waals surface area contributed by atoms with Gasteiger partial charge in [-0.2, -0.15) is 0 Å². The van der Waals surface area contributed by atoms with Gasteiger partial charge in [-0.3, -0.25) is 9.59 Å². The van der Waals surface area contributed by atoms with Crippen LogP contribution in [0.1, 0.15) is 38.5 Å². The average Bonchev–Trinajstić information content (AvgIpc) is 2.55. The highest BCUT2D eigenvalue weighted by atomic mass is 16.5. The Balaban J connectivity index is 1.63. The summed E-state index contributed by atoms with van der Waals surface area (Å²) in [5.74, 6) is 0.357. The lowest BCUT2D eigenvalue weighted by atomic mass is 9.94. The Morgan fingerprint density at radius 1 is 1.27 bits per heavy atom. The average molecular weight is 302 g/mol. The minimum absolute atomic E-state index is 0.0218. The molecule has 2 amide bonds. The Bertz CT molecular complexity index is 567. The number of hydrogen-bond donors (Lipinski definition) is 1. The first-order valence-corrected chi connectivity index (χ1v) is 7.97. The van der Waals surface area contributed by atoms with Crippen LogP contribution in [0.4, 0.5) is 5.69 Å². The predicted molar refractivity (Wildman–Crippen MR) is 83.7 cm³/mol. The van der Waals surface area contributed by atoms with Gasteiger partial charge in [0.15, 0.2) is 6.10 Å². The third-order valence-electron chi connectivity index (χ3n) is 4.58. The van der Waals surface area contributed by atoms with E-state index in [0.717, 1.165) is 12.8 Å². The van der Waals surface area contributed by atoms with Crippen molar-refractivity contribution in [2.45, 2.75) is 50.7 Å². The van der Waals surface area contributed by atoms with E-state index in [9.17, 15) is 9.59 Å². The second-order valence-electron chi connectivity index (χ2n) is 6.09. The SMILES string of the molecule is CN(C(=O)CC1Oc2ccccc2NC1=O)C1CCCCC1. The van der Waals surface area contributed by atoms with Crippen molar-refractivity contribution in [2.75, 3.05) is 12.4 Å². The first-order chi connectivity index (χ1) is 10.6. The lowest BCUT2D eigenvalue weighted by Crippen LogP contribution is -2.44. The zero-order chi connectivity index (χ0) is 15.5. The molecule has 1 heterocycles. The van der Waals surface area contributed by atoms with E-state index in [0.29, 0.717) is 17.5 Å². The van der Waals surface area contributed by atoms with Crippen LogP contribution in [-0.4, -0.2) is 35.9 Å². The van der Waals surface area contributed by atoms with Crippen LogP contribution in [0.25, 0.3) is 0 Å². The molecule has 5 nitrogen and oxygen atoms in total. The van der Waals surface area contributed by atoms with Crippen LogP contribution < -0.4 is 10.1 Å². The predicted octanol–water partition coefficient (Wildman–Crippen LogP) is 2.57. The van der Waals surface area contributed by atoms with Crippen LogP contribution in [0.2, 0.25) is 0 Å². The van der Waals surface area contributed by atoms with Crippen LogP contribution in [0.3, 0.4) is 0 Å². The van der Waals surface area contributed by atoms with Crippen molar-refractivity contribution < 1.29 is 14.3 Å². The maximum absolute atomic E-state index is 12.4. The van der Waals surface area contributed by atoms with Gasteiger partial charge in [-0.1, -0.05) is 31.4 Å². The van der Waals surface area contributed by atoms with Gasteiger partial charge in [0.05, 0.1) is 12.1 Å². The summed E-state index contributed by atoms with van der Waals surface area (Å²) < 4.78 is 5.69. The monoisotopic (exact) mass is 302 g/mol. The van der Waals surface area contributed by atoms with Gasteiger partial charge in [-0.25, -0.2) is 0 Å². The summed E-state index contributed by atoms with van der Waals surface area (Å²) in [5.41, 5.74) is 0.664. The smallest absolute Gasteiger partial charge is 0.266 e. The highest BCUT2D eigenvalue weighted by molar-refractivity contribution is 5.99. The second kappa shape index (κ2) is 6.38. The van der Waals surface area contributed by atoms with E-state index >= 15 is 0 Å². The van der Waals surface area contributed by atoms with E-state index in [-0.39, 0.29) is 18.2 Å². The summed E-state index contributed by atoms with van der Waals surface area (Å²) in [4.78, 5) is 26.3. The molecule has 118 valence electrons. The van der Waals surface area contributed by atoms with Crippen LogP contribution >= 0.6 is 0 Å². The van der Waals surface area contributed by atoms with Gasteiger partial charge in [0.2, 0.25) is 5.91 Å². The molecule has 1 N–H and O–H groups in total. The molecule has 1 aromatic carbocycles. The van der Waals surface area contributed by atoms with Gasteiger partial charge in [-0.05, 0) is 25.0 Å². The van der Waals surface area contributed by atoms with E-state index in [1.54, 1.807) is 17.0 Å². The molecule has 0 spiro atoms. The number of amides is 2. The minimum atomic E-state index is -0.742. The zero-order valence-corrected chi connectivity index (χ0v) is 12.9. The lowest BCUT2D eigenvalue weighted by Gasteiger charge is -2.33. The summed E-state index contributed by atoms with van der Waals surface area (Å²) >= 11 is 0. The quantitative estimate of drug-likeness (QED) is 0.933. The molecule has 0 bridgehead atoms. The summed E-state index contributed by atoms with van der Waals surface area (Å²) in [6.07, 6.45) is 5.07. The van der Waals surface area contributed by atoms with Crippen molar-refractivity contribution in [3.63, 3.8) is 0 Å². The molecule has 5 heteroatoms. The molecule has 22 heavy (non-hydrogen) atoms. The molecule has 1 aromatic rings. The summed E-state index contributed by atoms with van der Waals surface area (Å²) in [5, 5.41) is 2.80. The maximum Gasteiger partial charge on any atom is 0.266 e. The molecule has 2 aliphatic rings. The van der Waals surface area contributed by atoms with Gasteiger partial charge in [-0.15, -0.1) is 0 Å². The third-order valence-corrected chi connectivity index (χ3v) is 4.58. The fraction of sp³-hybridized carbons (Fsp3) is 0.529. The summed E-state index contributed by atoms with van der Waals surface area (Å²) in [7, 11) is 1.84. The Morgan fingerprint density at radius 2 is 2.00 bits per heavy atom. The number of nitrogens with zero attached hydrogens (tertiary/aromatic N) is 1.